The van der Waals surface area contributed by atoms with Gasteiger partial charge in [-0.3, -0.25) is 0 Å². The van der Waals surface area contributed by atoms with E-state index in [9.17, 15) is 4.39 Å². The number of thioether (sulfide) groups is 1. The van der Waals surface area contributed by atoms with E-state index in [4.69, 9.17) is 14.7 Å². The van der Waals surface area contributed by atoms with Crippen molar-refractivity contribution in [1.82, 2.24) is 0 Å². The third-order valence-electron chi connectivity index (χ3n) is 3.43. The van der Waals surface area contributed by atoms with Gasteiger partial charge in [0.15, 0.2) is 6.29 Å². The Morgan fingerprint density at radius 2 is 2.00 bits per heavy atom. The molecule has 0 spiro atoms. The summed E-state index contributed by atoms with van der Waals surface area (Å²) >= 11 is 1.06. The van der Waals surface area contributed by atoms with Crippen LogP contribution in [-0.2, 0) is 9.47 Å². The summed E-state index contributed by atoms with van der Waals surface area (Å²) in [6, 6.07) is 0. The Labute approximate surface area is 106 Å². The first-order chi connectivity index (χ1) is 8.20. The average molecular weight is 259 g/mol. The summed E-state index contributed by atoms with van der Waals surface area (Å²) in [4.78, 5) is 0. The second kappa shape index (κ2) is 6.03. The van der Waals surface area contributed by atoms with E-state index >= 15 is 0 Å². The molecular weight excluding hydrogens is 241 g/mol. The summed E-state index contributed by atoms with van der Waals surface area (Å²) in [5, 5.41) is 10.4. The van der Waals surface area contributed by atoms with Crippen molar-refractivity contribution in [3.63, 3.8) is 0 Å². The van der Waals surface area contributed by atoms with Crippen molar-refractivity contribution in [3.8, 4) is 5.40 Å². The molecule has 3 unspecified atom stereocenters. The molecule has 5 heteroatoms. The van der Waals surface area contributed by atoms with Gasteiger partial charge in [-0.1, -0.05) is 6.92 Å². The molecule has 2 aliphatic rings. The lowest BCUT2D eigenvalue weighted by molar-refractivity contribution is -0.227. The van der Waals surface area contributed by atoms with E-state index in [1.807, 2.05) is 5.40 Å². The SMILES string of the molecule is CC1COC(C2CCC(SC#N)C(F)C2)OC1. The molecule has 17 heavy (non-hydrogen) atoms. The van der Waals surface area contributed by atoms with Crippen LogP contribution in [0.15, 0.2) is 0 Å². The first-order valence-electron chi connectivity index (χ1n) is 6.12. The van der Waals surface area contributed by atoms with Crippen molar-refractivity contribution < 1.29 is 13.9 Å². The van der Waals surface area contributed by atoms with E-state index in [0.29, 0.717) is 25.6 Å². The second-order valence-electron chi connectivity index (χ2n) is 4.98. The summed E-state index contributed by atoms with van der Waals surface area (Å²) in [6.07, 6.45) is 0.933. The highest BCUT2D eigenvalue weighted by molar-refractivity contribution is 8.04. The van der Waals surface area contributed by atoms with Gasteiger partial charge in [-0.15, -0.1) is 0 Å². The smallest absolute Gasteiger partial charge is 0.160 e. The number of ether oxygens (including phenoxy) is 2. The maximum atomic E-state index is 13.8. The number of nitriles is 1. The molecule has 1 saturated carbocycles. The van der Waals surface area contributed by atoms with E-state index in [1.165, 1.54) is 0 Å². The third kappa shape index (κ3) is 3.34. The molecule has 0 amide bonds. The monoisotopic (exact) mass is 259 g/mol. The molecule has 1 aliphatic carbocycles. The molecular formula is C12H18FNO2S. The first kappa shape index (κ1) is 13.1. The average Bonchev–Trinajstić information content (AvgIpc) is 2.33. The molecule has 3 nitrogen and oxygen atoms in total. The van der Waals surface area contributed by atoms with Crippen molar-refractivity contribution in [2.24, 2.45) is 11.8 Å². The van der Waals surface area contributed by atoms with Gasteiger partial charge < -0.3 is 9.47 Å². The normalized spacial score (nSPS) is 43.0. The maximum Gasteiger partial charge on any atom is 0.160 e. The predicted octanol–water partition coefficient (Wildman–Crippen LogP) is 2.72. The Balaban J connectivity index is 1.83. The second-order valence-corrected chi connectivity index (χ2v) is 6.00. The molecule has 1 heterocycles. The van der Waals surface area contributed by atoms with Crippen molar-refractivity contribution in [2.75, 3.05) is 13.2 Å². The van der Waals surface area contributed by atoms with E-state index in [0.717, 1.165) is 24.6 Å². The van der Waals surface area contributed by atoms with Crippen LogP contribution in [0.1, 0.15) is 26.2 Å². The highest BCUT2D eigenvalue weighted by Crippen LogP contribution is 2.37. The van der Waals surface area contributed by atoms with Gasteiger partial charge >= 0.3 is 0 Å². The number of hydrogen-bond donors (Lipinski definition) is 0. The number of thiocyanates is 1. The molecule has 0 aromatic carbocycles. The van der Waals surface area contributed by atoms with Crippen LogP contribution in [0, 0.1) is 22.5 Å². The molecule has 2 rings (SSSR count). The molecule has 0 aromatic heterocycles. The van der Waals surface area contributed by atoms with E-state index in [2.05, 4.69) is 6.92 Å². The van der Waals surface area contributed by atoms with Crippen LogP contribution in [0.2, 0.25) is 0 Å². The number of alkyl halides is 1. The Morgan fingerprint density at radius 1 is 1.29 bits per heavy atom. The lowest BCUT2D eigenvalue weighted by Crippen LogP contribution is -2.40. The zero-order chi connectivity index (χ0) is 12.3. The van der Waals surface area contributed by atoms with Gasteiger partial charge in [0.05, 0.1) is 18.5 Å². The van der Waals surface area contributed by atoms with Crippen LogP contribution in [0.5, 0.6) is 0 Å². The summed E-state index contributed by atoms with van der Waals surface area (Å²) in [7, 11) is 0. The molecule has 96 valence electrons. The quantitative estimate of drug-likeness (QED) is 0.715. The lowest BCUT2D eigenvalue weighted by Gasteiger charge is -2.37. The first-order valence-corrected chi connectivity index (χ1v) is 7.00. The van der Waals surface area contributed by atoms with E-state index in [1.54, 1.807) is 0 Å². The Hall–Kier alpha value is -0.310. The Bertz CT molecular complexity index is 289. The minimum atomic E-state index is -0.912. The zero-order valence-corrected chi connectivity index (χ0v) is 10.8. The van der Waals surface area contributed by atoms with Crippen LogP contribution >= 0.6 is 11.8 Å². The molecule has 1 saturated heterocycles. The lowest BCUT2D eigenvalue weighted by atomic mass is 9.87. The highest BCUT2D eigenvalue weighted by Gasteiger charge is 2.37. The summed E-state index contributed by atoms with van der Waals surface area (Å²) < 4.78 is 25.1. The van der Waals surface area contributed by atoms with E-state index in [-0.39, 0.29) is 17.5 Å². The molecule has 1 aliphatic heterocycles. The van der Waals surface area contributed by atoms with Crippen LogP contribution < -0.4 is 0 Å². The number of halogens is 1. The largest absolute Gasteiger partial charge is 0.352 e. The van der Waals surface area contributed by atoms with E-state index < -0.39 is 6.17 Å². The Kier molecular flexibility index (Phi) is 4.66. The van der Waals surface area contributed by atoms with Gasteiger partial charge in [-0.25, -0.2) is 4.39 Å². The molecule has 0 aromatic rings. The predicted molar refractivity (Wildman–Crippen MR) is 64.1 cm³/mol. The fraction of sp³-hybridized carbons (Fsp3) is 0.917. The Morgan fingerprint density at radius 3 is 2.59 bits per heavy atom. The van der Waals surface area contributed by atoms with Crippen LogP contribution in [0.4, 0.5) is 4.39 Å². The van der Waals surface area contributed by atoms with Crippen molar-refractivity contribution in [2.45, 2.75) is 43.9 Å². The zero-order valence-electron chi connectivity index (χ0n) is 9.97. The highest BCUT2D eigenvalue weighted by atomic mass is 32.2. The van der Waals surface area contributed by atoms with Gasteiger partial charge in [0.2, 0.25) is 0 Å². The van der Waals surface area contributed by atoms with Crippen LogP contribution in [0.25, 0.3) is 0 Å². The van der Waals surface area contributed by atoms with Gasteiger partial charge in [0.25, 0.3) is 0 Å². The number of rotatable bonds is 2. The fourth-order valence-electron chi connectivity index (χ4n) is 2.45. The van der Waals surface area contributed by atoms with Gasteiger partial charge in [0.1, 0.15) is 11.6 Å². The maximum absolute atomic E-state index is 13.8. The summed E-state index contributed by atoms with van der Waals surface area (Å²) in [5.74, 6) is 0.575. The molecule has 0 N–H and O–H groups in total. The van der Waals surface area contributed by atoms with Gasteiger partial charge in [-0.05, 0) is 31.0 Å². The van der Waals surface area contributed by atoms with Crippen molar-refractivity contribution in [1.29, 1.82) is 5.26 Å². The fourth-order valence-corrected chi connectivity index (χ4v) is 3.10. The van der Waals surface area contributed by atoms with Crippen molar-refractivity contribution >= 4 is 11.8 Å². The molecule has 0 radical (unpaired) electrons. The minimum Gasteiger partial charge on any atom is -0.352 e. The number of nitrogens with zero attached hydrogens (tertiary/aromatic N) is 1. The molecule has 2 fully saturated rings. The van der Waals surface area contributed by atoms with Crippen LogP contribution in [0.3, 0.4) is 0 Å². The number of hydrogen-bond acceptors (Lipinski definition) is 4. The van der Waals surface area contributed by atoms with Crippen molar-refractivity contribution in [3.05, 3.63) is 0 Å². The summed E-state index contributed by atoms with van der Waals surface area (Å²) in [5.41, 5.74) is 0. The third-order valence-corrected chi connectivity index (χ3v) is 4.37. The summed E-state index contributed by atoms with van der Waals surface area (Å²) in [6.45, 7) is 3.48. The minimum absolute atomic E-state index is 0.146. The topological polar surface area (TPSA) is 42.2 Å². The molecule has 3 atom stereocenters. The van der Waals surface area contributed by atoms with Crippen LogP contribution in [-0.4, -0.2) is 30.9 Å². The molecule has 0 bridgehead atoms. The van der Waals surface area contributed by atoms with Gasteiger partial charge in [-0.2, -0.15) is 5.26 Å². The standard InChI is InChI=1S/C12H18FNO2S/c1-8-5-15-12(16-6-8)9-2-3-11(17-7-14)10(13)4-9/h8-12H,2-6H2,1H3. The van der Waals surface area contributed by atoms with Gasteiger partial charge in [0, 0.05) is 11.8 Å².